The second-order valence-electron chi connectivity index (χ2n) is 23.3. The largest absolute Gasteiger partial charge is 0.469 e. The van der Waals surface area contributed by atoms with Crippen molar-refractivity contribution < 1.29 is 106 Å². The van der Waals surface area contributed by atoms with Gasteiger partial charge in [0.05, 0.1) is 78.1 Å². The Hall–Kier alpha value is 0.746. The normalized spacial score (nSPS) is 37.0. The molecule has 15 atom stereocenters. The van der Waals surface area contributed by atoms with E-state index in [4.69, 9.17) is 43.4 Å². The summed E-state index contributed by atoms with van der Waals surface area (Å²) in [7, 11) is 15.1. The molecular weight excluding hydrogens is 1340 g/mol. The predicted octanol–water partition coefficient (Wildman–Crippen LogP) is 11.8. The van der Waals surface area contributed by atoms with Gasteiger partial charge in [-0.05, 0) is 147 Å². The van der Waals surface area contributed by atoms with E-state index < -0.39 is 6.10 Å². The molecule has 18 heteroatoms. The van der Waals surface area contributed by atoms with E-state index in [2.05, 4.69) is 76.0 Å². The van der Waals surface area contributed by atoms with Gasteiger partial charge in [-0.1, -0.05) is 92.2 Å². The van der Waals surface area contributed by atoms with Crippen LogP contribution in [0.1, 0.15) is 167 Å². The van der Waals surface area contributed by atoms with Crippen LogP contribution < -0.4 is 0 Å². The van der Waals surface area contributed by atoms with E-state index in [1.54, 1.807) is 28.4 Å². The molecule has 0 aromatic carbocycles. The van der Waals surface area contributed by atoms with Crippen molar-refractivity contribution in [2.75, 3.05) is 77.2 Å². The summed E-state index contributed by atoms with van der Waals surface area (Å²) in [6.45, 7) is 4.46. The zero-order valence-corrected chi connectivity index (χ0v) is 55.9. The summed E-state index contributed by atoms with van der Waals surface area (Å²) in [5.74, 6) is 0.138. The zero-order chi connectivity index (χ0) is 56.8. The number of esters is 2. The molecule has 10 saturated carbocycles. The first-order valence-corrected chi connectivity index (χ1v) is 31.6. The number of aliphatic hydroxyl groups is 3. The molecule has 15 unspecified atom stereocenters. The standard InChI is InChI=1S/C8H12Br2O.C8H13BrO.C8H14O3.C8H12O.C7H12O3.2C7H14O2.C7H12O.Tb/c1-11-6-3-2-4-7(6)5-8(7,9)10;1-10-7-3-2-4-8(7)5-6(8)9;1-10-7-5-3-4-6(7)8(9)11-2;1-9-7-3-2-4-8(7)5-6-8;1-10-7(9)5-3-2-4-6(5)8;2*1-9-7-4-2-3-6(7)5-8;1-6-4-3-5-7(6)8-2;/h6H,2-5H2,1H3;6-7H,2-5H2,1H3;6-7H,3-5H2,1-2H3;5-7H,2-4H2,1H3;5-6,8H,2-4H2,1H3;2*6-8H,2-5H2,1H3;7H,1,3-5H2,2H3;. The molecule has 14 nitrogen and oxygen atoms in total. The van der Waals surface area contributed by atoms with Gasteiger partial charge in [0, 0.05) is 135 Å². The minimum absolute atomic E-state index is 0. The first-order valence-electron chi connectivity index (χ1n) is 29.1. The third-order valence-corrected chi connectivity index (χ3v) is 22.3. The number of hydrogen-bond acceptors (Lipinski definition) is 14. The van der Waals surface area contributed by atoms with Crippen LogP contribution in [0.25, 0.3) is 0 Å². The fourth-order valence-corrected chi connectivity index (χ4v) is 16.7. The van der Waals surface area contributed by atoms with Gasteiger partial charge in [0.1, 0.15) is 0 Å². The van der Waals surface area contributed by atoms with Gasteiger partial charge in [-0.25, -0.2) is 0 Å². The molecule has 1 radical (unpaired) electrons. The summed E-state index contributed by atoms with van der Waals surface area (Å²) in [4.78, 5) is 22.7. The van der Waals surface area contributed by atoms with Gasteiger partial charge in [-0.15, -0.1) is 0 Å². The predicted molar refractivity (Wildman–Crippen MR) is 313 cm³/mol. The van der Waals surface area contributed by atoms with Crippen LogP contribution in [0.5, 0.6) is 0 Å². The van der Waals surface area contributed by atoms with Crippen LogP contribution >= 0.6 is 47.8 Å². The van der Waals surface area contributed by atoms with Crippen molar-refractivity contribution in [2.45, 2.75) is 224 Å². The molecule has 11 aliphatic carbocycles. The van der Waals surface area contributed by atoms with Gasteiger partial charge >= 0.3 is 11.9 Å². The fourth-order valence-electron chi connectivity index (χ4n) is 13.7. The van der Waals surface area contributed by atoms with Gasteiger partial charge in [0.2, 0.25) is 0 Å². The van der Waals surface area contributed by atoms with Crippen molar-refractivity contribution in [3.63, 3.8) is 0 Å². The summed E-state index contributed by atoms with van der Waals surface area (Å²) < 4.78 is 46.2. The topological polar surface area (TPSA) is 178 Å². The van der Waals surface area contributed by atoms with Crippen LogP contribution in [-0.2, 0) is 52.2 Å². The van der Waals surface area contributed by atoms with Crippen LogP contribution in [0.4, 0.5) is 0 Å². The van der Waals surface area contributed by atoms with Crippen molar-refractivity contribution in [3.8, 4) is 0 Å². The molecule has 0 aromatic rings. The number of hydrogen-bond donors (Lipinski definition) is 3. The monoisotopic (exact) mass is 1440 g/mol. The first-order chi connectivity index (χ1) is 36.9. The minimum atomic E-state index is -0.465. The number of methoxy groups -OCH3 is 9. The maximum absolute atomic E-state index is 11.1. The molecule has 10 fully saturated rings. The van der Waals surface area contributed by atoms with Crippen LogP contribution in [0.15, 0.2) is 24.3 Å². The van der Waals surface area contributed by atoms with E-state index in [0.29, 0.717) is 77.9 Å². The fraction of sp³-hybridized carbons (Fsp3) is 0.900. The molecule has 0 aromatic heterocycles. The number of carbonyl (C=O) groups is 2. The summed E-state index contributed by atoms with van der Waals surface area (Å²) >= 11 is 11.0. The first kappa shape index (κ1) is 73.0. The SMILES string of the molecule is C=C1CCCC1OC.COC(=O)C1CCCC1O.COC(=O)C1CCCC1OC.COC1CCCC12C=C2.COC1CCCC12CC2(Br)Br.COC1CCCC12CC2Br.COC1CCCC1CO.COC1CCCC1CO.[Tb]. The van der Waals surface area contributed by atoms with Gasteiger partial charge in [0.15, 0.2) is 0 Å². The molecule has 0 amide bonds. The summed E-state index contributed by atoms with van der Waals surface area (Å²) in [5.41, 5.74) is 2.69. The maximum atomic E-state index is 11.1. The van der Waals surface area contributed by atoms with Crippen LogP contribution in [0, 0.1) is 78.5 Å². The minimum Gasteiger partial charge on any atom is -0.469 e. The molecule has 0 heterocycles. The molecule has 11 aliphatic rings. The van der Waals surface area contributed by atoms with Crippen molar-refractivity contribution in [1.82, 2.24) is 0 Å². The van der Waals surface area contributed by atoms with E-state index in [9.17, 15) is 14.7 Å². The molecule has 0 aliphatic heterocycles. The Kier molecular flexibility index (Phi) is 34.3. The Morgan fingerprint density at radius 1 is 0.564 bits per heavy atom. The zero-order valence-electron chi connectivity index (χ0n) is 49.0. The van der Waals surface area contributed by atoms with E-state index in [1.165, 1.54) is 123 Å². The smallest absolute Gasteiger partial charge is 0.311 e. The molecule has 78 heavy (non-hydrogen) atoms. The van der Waals surface area contributed by atoms with Crippen molar-refractivity contribution in [2.24, 2.45) is 39.9 Å². The summed E-state index contributed by atoms with van der Waals surface area (Å²) in [5, 5.41) is 26.8. The Labute approximate surface area is 526 Å². The molecule has 3 spiro atoms. The van der Waals surface area contributed by atoms with Crippen molar-refractivity contribution >= 4 is 59.7 Å². The van der Waals surface area contributed by atoms with Gasteiger partial charge < -0.3 is 58.0 Å². The van der Waals surface area contributed by atoms with Gasteiger partial charge in [-0.3, -0.25) is 9.59 Å². The Balaban J connectivity index is 0.000000234. The third-order valence-electron chi connectivity index (χ3n) is 18.9. The average molecular weight is 1450 g/mol. The molecule has 11 rings (SSSR count). The molecular formula is C60H103Br3O14Tb. The molecule has 0 bridgehead atoms. The average Bonchev–Trinajstić information content (AvgIpc) is 4.02. The van der Waals surface area contributed by atoms with E-state index in [1.807, 2.05) is 21.3 Å². The van der Waals surface area contributed by atoms with Crippen molar-refractivity contribution in [3.05, 3.63) is 24.3 Å². The van der Waals surface area contributed by atoms with Crippen LogP contribution in [0.2, 0.25) is 0 Å². The number of alkyl halides is 3. The molecule has 457 valence electrons. The number of halogens is 3. The van der Waals surface area contributed by atoms with E-state index in [-0.39, 0.29) is 71.7 Å². The van der Waals surface area contributed by atoms with E-state index in [0.717, 1.165) is 69.0 Å². The second kappa shape index (κ2) is 36.7. The second-order valence-corrected chi connectivity index (χ2v) is 28.1. The Morgan fingerprint density at radius 2 is 1.03 bits per heavy atom. The Bertz CT molecular complexity index is 1710. The molecule has 3 N–H and O–H groups in total. The molecule has 0 saturated heterocycles. The quantitative estimate of drug-likeness (QED) is 0.101. The number of aliphatic hydroxyl groups excluding tert-OH is 3. The third kappa shape index (κ3) is 20.4. The van der Waals surface area contributed by atoms with Crippen molar-refractivity contribution in [1.29, 1.82) is 0 Å². The van der Waals surface area contributed by atoms with Crippen LogP contribution in [-0.4, -0.2) is 161 Å². The van der Waals surface area contributed by atoms with Crippen LogP contribution in [0.3, 0.4) is 0 Å². The van der Waals surface area contributed by atoms with E-state index >= 15 is 0 Å². The number of ether oxygens (including phenoxy) is 9. The number of carbonyl (C=O) groups excluding carboxylic acids is 2. The summed E-state index contributed by atoms with van der Waals surface area (Å²) in [6.07, 6.45) is 37.0. The van der Waals surface area contributed by atoms with Gasteiger partial charge in [-0.2, -0.15) is 0 Å². The summed E-state index contributed by atoms with van der Waals surface area (Å²) in [6, 6.07) is 0. The number of rotatable bonds is 11. The van der Waals surface area contributed by atoms with Gasteiger partial charge in [0.25, 0.3) is 0 Å². The maximum Gasteiger partial charge on any atom is 0.311 e. The Morgan fingerprint density at radius 3 is 1.38 bits per heavy atom.